The Hall–Kier alpha value is -8.26. The minimum atomic E-state index is -0.522. The summed E-state index contributed by atoms with van der Waals surface area (Å²) in [6.45, 7) is 4.77. The predicted octanol–water partition coefficient (Wildman–Crippen LogP) is 17.4. The molecular weight excluding hydrogens is 807 g/mol. The number of anilines is 3. The maximum Gasteiger partial charge on any atom is 0.0726 e. The van der Waals surface area contributed by atoms with Gasteiger partial charge in [-0.05, 0) is 130 Å². The molecule has 0 aromatic heterocycles. The Kier molecular flexibility index (Phi) is 8.02. The smallest absolute Gasteiger partial charge is 0.0726 e. The first-order chi connectivity index (χ1) is 33.0. The molecule has 14 rings (SSSR count). The average molecular weight is 852 g/mol. The molecule has 1 unspecified atom stereocenters. The minimum Gasteiger partial charge on any atom is -0.309 e. The highest BCUT2D eigenvalue weighted by Gasteiger charge is 2.52. The third kappa shape index (κ3) is 5.20. The van der Waals surface area contributed by atoms with E-state index in [4.69, 9.17) is 0 Å². The molecule has 0 heterocycles. The highest BCUT2D eigenvalue weighted by Crippen LogP contribution is 2.65. The number of rotatable bonds is 5. The lowest BCUT2D eigenvalue weighted by Crippen LogP contribution is -2.26. The molecule has 314 valence electrons. The molecule has 0 radical (unpaired) electrons. The second-order valence-corrected chi connectivity index (χ2v) is 19.1. The molecule has 11 aromatic rings. The molecular formula is C66H45N. The molecule has 11 aromatic carbocycles. The van der Waals surface area contributed by atoms with Gasteiger partial charge < -0.3 is 4.90 Å². The number of hydrogen-bond acceptors (Lipinski definition) is 1. The zero-order valence-electron chi connectivity index (χ0n) is 37.5. The maximum atomic E-state index is 2.60. The van der Waals surface area contributed by atoms with Gasteiger partial charge in [0.2, 0.25) is 0 Å². The number of fused-ring (bicyclic) bond motifs is 16. The summed E-state index contributed by atoms with van der Waals surface area (Å²) in [5, 5.41) is 5.03. The Balaban J connectivity index is 1.10. The van der Waals surface area contributed by atoms with E-state index < -0.39 is 5.41 Å². The Bertz CT molecular complexity index is 3850. The quantitative estimate of drug-likeness (QED) is 0.167. The average Bonchev–Trinajstić information content (AvgIpc) is 3.95. The Morgan fingerprint density at radius 2 is 0.866 bits per heavy atom. The van der Waals surface area contributed by atoms with Crippen LogP contribution in [-0.4, -0.2) is 0 Å². The van der Waals surface area contributed by atoms with E-state index in [0.717, 1.165) is 11.4 Å². The van der Waals surface area contributed by atoms with Gasteiger partial charge in [-0.25, -0.2) is 0 Å². The molecule has 0 saturated heterocycles. The Morgan fingerprint density at radius 3 is 1.67 bits per heavy atom. The van der Waals surface area contributed by atoms with Crippen molar-refractivity contribution in [1.29, 1.82) is 0 Å². The van der Waals surface area contributed by atoms with Crippen molar-refractivity contribution in [3.05, 3.63) is 270 Å². The lowest BCUT2D eigenvalue weighted by atomic mass is 9.70. The Labute approximate surface area is 391 Å². The molecule has 0 bridgehead atoms. The van der Waals surface area contributed by atoms with Gasteiger partial charge in [0.1, 0.15) is 0 Å². The molecule has 1 nitrogen and oxygen atoms in total. The Morgan fingerprint density at radius 1 is 0.299 bits per heavy atom. The van der Waals surface area contributed by atoms with Crippen molar-refractivity contribution in [2.45, 2.75) is 24.7 Å². The van der Waals surface area contributed by atoms with Crippen LogP contribution in [0.15, 0.2) is 237 Å². The fourth-order valence-corrected chi connectivity index (χ4v) is 12.6. The van der Waals surface area contributed by atoms with Crippen LogP contribution in [0.1, 0.15) is 47.2 Å². The van der Waals surface area contributed by atoms with Crippen molar-refractivity contribution in [3.8, 4) is 55.6 Å². The maximum absolute atomic E-state index is 2.60. The zero-order chi connectivity index (χ0) is 44.4. The van der Waals surface area contributed by atoms with Gasteiger partial charge in [-0.1, -0.05) is 220 Å². The molecule has 1 heteroatoms. The molecule has 3 aliphatic rings. The molecule has 0 aliphatic heterocycles. The van der Waals surface area contributed by atoms with Crippen LogP contribution >= 0.6 is 0 Å². The molecule has 3 aliphatic carbocycles. The van der Waals surface area contributed by atoms with E-state index in [2.05, 4.69) is 255 Å². The van der Waals surface area contributed by atoms with Crippen LogP contribution in [0.5, 0.6) is 0 Å². The van der Waals surface area contributed by atoms with E-state index in [-0.39, 0.29) is 5.41 Å². The summed E-state index contributed by atoms with van der Waals surface area (Å²) in [5.74, 6) is 0. The van der Waals surface area contributed by atoms with Crippen molar-refractivity contribution in [1.82, 2.24) is 0 Å². The number of benzene rings is 11. The number of nitrogens with zero attached hydrogens (tertiary/aromatic N) is 1. The monoisotopic (exact) mass is 851 g/mol. The summed E-state index contributed by atoms with van der Waals surface area (Å²) in [6.07, 6.45) is 0. The highest BCUT2D eigenvalue weighted by atomic mass is 15.1. The SMILES string of the molecule is CC1(C)c2ccccc2-c2c(N(c3ccc4c(c3)C3(c5ccccc5-4)c4ccccc4-c4c3ccc3ccccc43)c3cccc(-c4ccc5ccccc5c4)c3-c3ccccc3)cccc21. The van der Waals surface area contributed by atoms with Crippen molar-refractivity contribution in [3.63, 3.8) is 0 Å². The molecule has 0 N–H and O–H groups in total. The van der Waals surface area contributed by atoms with E-state index in [1.165, 1.54) is 116 Å². The molecule has 67 heavy (non-hydrogen) atoms. The van der Waals surface area contributed by atoms with Crippen LogP contribution in [0.3, 0.4) is 0 Å². The summed E-state index contributed by atoms with van der Waals surface area (Å²) in [5.41, 5.74) is 23.4. The van der Waals surface area contributed by atoms with Gasteiger partial charge in [-0.15, -0.1) is 0 Å². The summed E-state index contributed by atoms with van der Waals surface area (Å²) in [4.78, 5) is 2.60. The first kappa shape index (κ1) is 38.1. The molecule has 0 fully saturated rings. The topological polar surface area (TPSA) is 3.24 Å². The lowest BCUT2D eigenvalue weighted by molar-refractivity contribution is 0.660. The fraction of sp³-hybridized carbons (Fsp3) is 0.0606. The van der Waals surface area contributed by atoms with Crippen molar-refractivity contribution < 1.29 is 0 Å². The van der Waals surface area contributed by atoms with Gasteiger partial charge in [0.05, 0.1) is 16.8 Å². The van der Waals surface area contributed by atoms with Crippen molar-refractivity contribution in [2.75, 3.05) is 4.90 Å². The zero-order valence-corrected chi connectivity index (χ0v) is 37.5. The summed E-state index contributed by atoms with van der Waals surface area (Å²) in [6, 6.07) is 89.0. The van der Waals surface area contributed by atoms with Crippen molar-refractivity contribution >= 4 is 38.6 Å². The normalized spacial score (nSPS) is 15.5. The largest absolute Gasteiger partial charge is 0.309 e. The second-order valence-electron chi connectivity index (χ2n) is 19.1. The first-order valence-corrected chi connectivity index (χ1v) is 23.6. The van der Waals surface area contributed by atoms with Gasteiger partial charge in [0.15, 0.2) is 0 Å². The third-order valence-corrected chi connectivity index (χ3v) is 15.5. The van der Waals surface area contributed by atoms with Gasteiger partial charge in [0.25, 0.3) is 0 Å². The van der Waals surface area contributed by atoms with E-state index >= 15 is 0 Å². The molecule has 1 atom stereocenters. The third-order valence-electron chi connectivity index (χ3n) is 15.5. The van der Waals surface area contributed by atoms with Crippen LogP contribution in [0.2, 0.25) is 0 Å². The van der Waals surface area contributed by atoms with Crippen LogP contribution in [0, 0.1) is 0 Å². The lowest BCUT2D eigenvalue weighted by Gasteiger charge is -2.34. The van der Waals surface area contributed by atoms with Crippen LogP contribution < -0.4 is 4.90 Å². The van der Waals surface area contributed by atoms with E-state index in [9.17, 15) is 0 Å². The second kappa shape index (κ2) is 14.1. The van der Waals surface area contributed by atoms with Gasteiger partial charge >= 0.3 is 0 Å². The molecule has 0 saturated carbocycles. The van der Waals surface area contributed by atoms with E-state index in [0.29, 0.717) is 0 Å². The van der Waals surface area contributed by atoms with E-state index in [1.54, 1.807) is 0 Å². The van der Waals surface area contributed by atoms with Gasteiger partial charge in [-0.2, -0.15) is 0 Å². The van der Waals surface area contributed by atoms with Gasteiger partial charge in [-0.3, -0.25) is 0 Å². The van der Waals surface area contributed by atoms with Crippen molar-refractivity contribution in [2.24, 2.45) is 0 Å². The fourth-order valence-electron chi connectivity index (χ4n) is 12.6. The first-order valence-electron chi connectivity index (χ1n) is 23.6. The van der Waals surface area contributed by atoms with Crippen LogP contribution in [0.4, 0.5) is 17.1 Å². The summed E-state index contributed by atoms with van der Waals surface area (Å²) >= 11 is 0. The minimum absolute atomic E-state index is 0.174. The molecule has 0 amide bonds. The summed E-state index contributed by atoms with van der Waals surface area (Å²) < 4.78 is 0. The number of hydrogen-bond donors (Lipinski definition) is 0. The van der Waals surface area contributed by atoms with Gasteiger partial charge in [0, 0.05) is 22.2 Å². The predicted molar refractivity (Wildman–Crippen MR) is 281 cm³/mol. The summed E-state index contributed by atoms with van der Waals surface area (Å²) in [7, 11) is 0. The van der Waals surface area contributed by atoms with E-state index in [1.807, 2.05) is 0 Å². The molecule has 1 spiro atoms. The highest BCUT2D eigenvalue weighted by molar-refractivity contribution is 6.07. The van der Waals surface area contributed by atoms with Crippen LogP contribution in [-0.2, 0) is 10.8 Å². The van der Waals surface area contributed by atoms with Crippen LogP contribution in [0.25, 0.3) is 77.2 Å². The standard InChI is InChI=1S/C66H45N/c1-65(2)54-28-13-11-25-52(54)64-57(65)31-17-33-61(64)67(60-32-16-27-49(62(60)44-20-4-3-5-21-44)46-35-34-42-18-6-7-22-45(42)40-46)47-37-38-51-50-24-10-14-29-55(50)66(59(51)41-47)56-30-15-12-26-53(56)63-48-23-9-8-19-43(48)36-39-58(63)66/h3-41H,1-2H3.